The van der Waals surface area contributed by atoms with E-state index in [1.165, 1.54) is 16.9 Å². The second-order valence-corrected chi connectivity index (χ2v) is 8.85. The summed E-state index contributed by atoms with van der Waals surface area (Å²) in [5.74, 6) is -0.461. The standard InChI is InChI=1S/C17H18N2O2S.C5H11NO/c18-15(21)14-12-6-7-17(8-9-20,10-13(12)22-16(14)19)11-4-2-1-3-5-11;1-6-2-4-7-5-3-6/h1-5,9H,6-8,10,19H2,(H2,18,21);2-5H2,1H3. The number of ether oxygens (including phenoxy) is 1. The second-order valence-electron chi connectivity index (χ2n) is 7.72. The first-order valence-corrected chi connectivity index (χ1v) is 10.7. The lowest BCUT2D eigenvalue weighted by Crippen LogP contribution is -2.34. The Morgan fingerprint density at radius 3 is 2.52 bits per heavy atom. The second kappa shape index (κ2) is 9.52. The molecule has 1 aromatic heterocycles. The van der Waals surface area contributed by atoms with Crippen molar-refractivity contribution in [1.82, 2.24) is 4.90 Å². The van der Waals surface area contributed by atoms with Crippen LogP contribution in [0.3, 0.4) is 0 Å². The Hall–Kier alpha value is -2.22. The maximum absolute atomic E-state index is 11.6. The van der Waals surface area contributed by atoms with Gasteiger partial charge in [-0.25, -0.2) is 0 Å². The van der Waals surface area contributed by atoms with E-state index in [2.05, 4.69) is 24.1 Å². The van der Waals surface area contributed by atoms with Crippen molar-refractivity contribution in [2.75, 3.05) is 39.1 Å². The zero-order chi connectivity index (χ0) is 20.9. The van der Waals surface area contributed by atoms with Gasteiger partial charge in [0, 0.05) is 29.8 Å². The van der Waals surface area contributed by atoms with Crippen LogP contribution < -0.4 is 11.5 Å². The third-order valence-electron chi connectivity index (χ3n) is 5.81. The fraction of sp³-hybridized carbons (Fsp3) is 0.455. The van der Waals surface area contributed by atoms with E-state index in [4.69, 9.17) is 16.2 Å². The quantitative estimate of drug-likeness (QED) is 0.747. The Kier molecular flexibility index (Phi) is 7.05. The number of nitrogens with zero attached hydrogens (tertiary/aromatic N) is 1. The number of hydrogen-bond acceptors (Lipinski definition) is 6. The normalized spacial score (nSPS) is 21.6. The SMILES string of the molecule is CN1CCOCC1.NC(=O)c1c(N)sc2c1CCC(CC=O)(c1ccccc1)C2. The first kappa shape index (κ1) is 21.5. The summed E-state index contributed by atoms with van der Waals surface area (Å²) in [6.07, 6.45) is 3.74. The highest BCUT2D eigenvalue weighted by Crippen LogP contribution is 2.45. The highest BCUT2D eigenvalue weighted by atomic mass is 32.1. The average Bonchev–Trinajstić information content (AvgIpc) is 3.05. The number of anilines is 1. The molecule has 7 heteroatoms. The highest BCUT2D eigenvalue weighted by Gasteiger charge is 2.38. The van der Waals surface area contributed by atoms with E-state index in [-0.39, 0.29) is 5.41 Å². The number of carbonyl (C=O) groups excluding carboxylic acids is 2. The number of fused-ring (bicyclic) bond motifs is 1. The van der Waals surface area contributed by atoms with Crippen molar-refractivity contribution < 1.29 is 14.3 Å². The minimum absolute atomic E-state index is 0.206. The molecular formula is C22H29N3O3S. The van der Waals surface area contributed by atoms with Crippen LogP contribution in [0, 0.1) is 0 Å². The zero-order valence-corrected chi connectivity index (χ0v) is 17.7. The van der Waals surface area contributed by atoms with Crippen LogP contribution in [-0.4, -0.2) is 50.4 Å². The number of morpholine rings is 1. The number of benzene rings is 1. The summed E-state index contributed by atoms with van der Waals surface area (Å²) in [5, 5.41) is 0.493. The van der Waals surface area contributed by atoms with Gasteiger partial charge >= 0.3 is 0 Å². The summed E-state index contributed by atoms with van der Waals surface area (Å²) in [6, 6.07) is 10.1. The fourth-order valence-corrected chi connectivity index (χ4v) is 5.38. The summed E-state index contributed by atoms with van der Waals surface area (Å²) in [6.45, 7) is 4.02. The minimum atomic E-state index is -0.461. The van der Waals surface area contributed by atoms with Gasteiger partial charge in [-0.2, -0.15) is 0 Å². The molecule has 1 aliphatic heterocycles. The van der Waals surface area contributed by atoms with Gasteiger partial charge in [0.2, 0.25) is 0 Å². The van der Waals surface area contributed by atoms with Gasteiger partial charge in [-0.3, -0.25) is 4.79 Å². The Balaban J connectivity index is 0.000000290. The molecule has 1 amide bonds. The van der Waals surface area contributed by atoms with Crippen molar-refractivity contribution in [2.24, 2.45) is 5.73 Å². The molecule has 2 aliphatic rings. The maximum atomic E-state index is 11.6. The van der Waals surface area contributed by atoms with Crippen molar-refractivity contribution in [1.29, 1.82) is 0 Å². The van der Waals surface area contributed by atoms with Gasteiger partial charge in [0.1, 0.15) is 6.29 Å². The summed E-state index contributed by atoms with van der Waals surface area (Å²) in [5.41, 5.74) is 13.8. The Bertz CT molecular complexity index is 846. The third-order valence-corrected chi connectivity index (χ3v) is 6.87. The first-order chi connectivity index (χ1) is 14.0. The van der Waals surface area contributed by atoms with Gasteiger partial charge in [-0.15, -0.1) is 11.3 Å². The topological polar surface area (TPSA) is 98.7 Å². The van der Waals surface area contributed by atoms with Crippen LogP contribution in [0.2, 0.25) is 0 Å². The average molecular weight is 416 g/mol. The molecule has 29 heavy (non-hydrogen) atoms. The van der Waals surface area contributed by atoms with Crippen molar-refractivity contribution in [2.45, 2.75) is 31.1 Å². The van der Waals surface area contributed by atoms with Gasteiger partial charge in [0.15, 0.2) is 0 Å². The summed E-state index contributed by atoms with van der Waals surface area (Å²) in [7, 11) is 2.11. The van der Waals surface area contributed by atoms with E-state index >= 15 is 0 Å². The summed E-state index contributed by atoms with van der Waals surface area (Å²) < 4.78 is 5.10. The number of primary amides is 1. The molecule has 1 aromatic carbocycles. The van der Waals surface area contributed by atoms with Crippen molar-refractivity contribution >= 4 is 28.5 Å². The van der Waals surface area contributed by atoms with Crippen LogP contribution in [0.5, 0.6) is 0 Å². The molecule has 0 saturated carbocycles. The largest absolute Gasteiger partial charge is 0.390 e. The van der Waals surface area contributed by atoms with E-state index in [9.17, 15) is 9.59 Å². The molecule has 6 nitrogen and oxygen atoms in total. The van der Waals surface area contributed by atoms with Gasteiger partial charge in [-0.05, 0) is 37.4 Å². The number of amides is 1. The molecule has 1 fully saturated rings. The lowest BCUT2D eigenvalue weighted by molar-refractivity contribution is -0.109. The van der Waals surface area contributed by atoms with Gasteiger partial charge in [-0.1, -0.05) is 30.3 Å². The molecule has 1 aliphatic carbocycles. The monoisotopic (exact) mass is 415 g/mol. The van der Waals surface area contributed by atoms with Crippen LogP contribution in [-0.2, 0) is 27.8 Å². The molecule has 4 N–H and O–H groups in total. The van der Waals surface area contributed by atoms with E-state index in [1.807, 2.05) is 18.2 Å². The Morgan fingerprint density at radius 1 is 1.28 bits per heavy atom. The van der Waals surface area contributed by atoms with Crippen LogP contribution in [0.1, 0.15) is 39.2 Å². The van der Waals surface area contributed by atoms with E-state index in [0.29, 0.717) is 17.0 Å². The fourth-order valence-electron chi connectivity index (χ4n) is 4.12. The number of likely N-dealkylation sites (N-methyl/N-ethyl adjacent to an activating group) is 1. The minimum Gasteiger partial charge on any atom is -0.390 e. The van der Waals surface area contributed by atoms with Crippen LogP contribution in [0.4, 0.5) is 5.00 Å². The number of hydrogen-bond donors (Lipinski definition) is 2. The lowest BCUT2D eigenvalue weighted by atomic mass is 9.67. The van der Waals surface area contributed by atoms with Crippen molar-refractivity contribution in [3.63, 3.8) is 0 Å². The zero-order valence-electron chi connectivity index (χ0n) is 16.9. The predicted octanol–water partition coefficient (Wildman–Crippen LogP) is 2.39. The van der Waals surface area contributed by atoms with Gasteiger partial charge in [0.05, 0.1) is 23.8 Å². The van der Waals surface area contributed by atoms with E-state index in [1.54, 1.807) is 0 Å². The first-order valence-electron chi connectivity index (χ1n) is 9.92. The summed E-state index contributed by atoms with van der Waals surface area (Å²) >= 11 is 1.43. The van der Waals surface area contributed by atoms with Gasteiger partial charge in [0.25, 0.3) is 5.91 Å². The molecule has 1 atom stereocenters. The molecule has 1 unspecified atom stereocenters. The Morgan fingerprint density at radius 2 is 1.97 bits per heavy atom. The third kappa shape index (κ3) is 4.86. The van der Waals surface area contributed by atoms with Crippen molar-refractivity contribution in [3.8, 4) is 0 Å². The van der Waals surface area contributed by atoms with Crippen LogP contribution in [0.15, 0.2) is 30.3 Å². The smallest absolute Gasteiger partial charge is 0.251 e. The van der Waals surface area contributed by atoms with Gasteiger partial charge < -0.3 is 25.9 Å². The van der Waals surface area contributed by atoms with Crippen molar-refractivity contribution in [3.05, 3.63) is 51.9 Å². The molecule has 0 radical (unpaired) electrons. The lowest BCUT2D eigenvalue weighted by Gasteiger charge is -2.36. The molecule has 2 heterocycles. The predicted molar refractivity (Wildman–Crippen MR) is 116 cm³/mol. The van der Waals surface area contributed by atoms with Crippen LogP contribution in [0.25, 0.3) is 0 Å². The number of nitrogens with two attached hydrogens (primary N) is 2. The molecule has 4 rings (SSSR count). The molecule has 2 aromatic rings. The molecule has 0 spiro atoms. The number of nitrogen functional groups attached to an aromatic ring is 1. The van der Waals surface area contributed by atoms with E-state index < -0.39 is 5.91 Å². The van der Waals surface area contributed by atoms with E-state index in [0.717, 1.165) is 62.3 Å². The number of thiophene rings is 1. The summed E-state index contributed by atoms with van der Waals surface area (Å²) in [4.78, 5) is 26.2. The molecular weight excluding hydrogens is 386 g/mol. The molecule has 0 bridgehead atoms. The molecule has 156 valence electrons. The maximum Gasteiger partial charge on any atom is 0.251 e. The highest BCUT2D eigenvalue weighted by molar-refractivity contribution is 7.16. The van der Waals surface area contributed by atoms with Crippen LogP contribution >= 0.6 is 11.3 Å². The number of carbonyl (C=O) groups is 2. The number of aldehydes is 1. The molecule has 1 saturated heterocycles. The Labute approximate surface area is 175 Å². The number of rotatable bonds is 4.